The molecule has 2 fully saturated rings. The smallest absolute Gasteiger partial charge is 0.223 e. The summed E-state index contributed by atoms with van der Waals surface area (Å²) in [5, 5.41) is 0. The van der Waals surface area contributed by atoms with Gasteiger partial charge < -0.3 is 19.4 Å². The van der Waals surface area contributed by atoms with E-state index in [9.17, 15) is 4.79 Å². The maximum Gasteiger partial charge on any atom is 0.223 e. The first kappa shape index (κ1) is 21.9. The van der Waals surface area contributed by atoms with E-state index >= 15 is 0 Å². The van der Waals surface area contributed by atoms with Gasteiger partial charge in [-0.2, -0.15) is 0 Å². The number of para-hydroxylation sites is 2. The predicted molar refractivity (Wildman–Crippen MR) is 119 cm³/mol. The van der Waals surface area contributed by atoms with E-state index in [-0.39, 0.29) is 0 Å². The fourth-order valence-corrected chi connectivity index (χ4v) is 4.65. The number of amides is 1. The topological polar surface area (TPSA) is 39.3 Å². The van der Waals surface area contributed by atoms with E-state index in [1.54, 1.807) is 7.11 Å². The van der Waals surface area contributed by atoms with Gasteiger partial charge in [0.2, 0.25) is 5.91 Å². The van der Waals surface area contributed by atoms with Gasteiger partial charge in [-0.1, -0.05) is 26.0 Å². The maximum absolute atomic E-state index is 12.7. The van der Waals surface area contributed by atoms with Gasteiger partial charge in [-0.3, -0.25) is 9.69 Å². The molecule has 2 aliphatic heterocycles. The maximum atomic E-state index is 12.7. The molecule has 0 bridgehead atoms. The second-order valence-corrected chi connectivity index (χ2v) is 8.11. The minimum Gasteiger partial charge on any atom is -0.495 e. The number of benzene rings is 1. The van der Waals surface area contributed by atoms with Crippen molar-refractivity contribution in [3.8, 4) is 5.75 Å². The van der Waals surface area contributed by atoms with E-state index in [4.69, 9.17) is 4.74 Å². The van der Waals surface area contributed by atoms with Crippen LogP contribution in [0, 0.1) is 0 Å². The molecule has 0 spiro atoms. The molecule has 3 rings (SSSR count). The zero-order valence-electron chi connectivity index (χ0n) is 18.5. The van der Waals surface area contributed by atoms with Gasteiger partial charge in [-0.05, 0) is 38.1 Å². The molecule has 1 aromatic carbocycles. The summed E-state index contributed by atoms with van der Waals surface area (Å²) in [6, 6.07) is 8.77. The summed E-state index contributed by atoms with van der Waals surface area (Å²) in [7, 11) is 1.74. The lowest BCUT2D eigenvalue weighted by Crippen LogP contribution is -2.56. The highest BCUT2D eigenvalue weighted by molar-refractivity contribution is 5.76. The predicted octanol–water partition coefficient (Wildman–Crippen LogP) is 2.54. The van der Waals surface area contributed by atoms with Gasteiger partial charge in [0.25, 0.3) is 0 Å². The molecule has 0 saturated carbocycles. The van der Waals surface area contributed by atoms with Crippen molar-refractivity contribution in [2.24, 2.45) is 0 Å². The van der Waals surface area contributed by atoms with Crippen molar-refractivity contribution >= 4 is 11.6 Å². The fourth-order valence-electron chi connectivity index (χ4n) is 4.65. The number of piperidine rings is 1. The second kappa shape index (κ2) is 10.8. The summed E-state index contributed by atoms with van der Waals surface area (Å²) in [6.45, 7) is 13.2. The Balaban J connectivity index is 1.50. The van der Waals surface area contributed by atoms with Crippen molar-refractivity contribution in [2.45, 2.75) is 39.2 Å². The molecule has 162 valence electrons. The molecule has 6 nitrogen and oxygen atoms in total. The Morgan fingerprint density at radius 2 is 1.83 bits per heavy atom. The second-order valence-electron chi connectivity index (χ2n) is 8.11. The Morgan fingerprint density at radius 3 is 2.52 bits per heavy atom. The molecule has 29 heavy (non-hydrogen) atoms. The average Bonchev–Trinajstić information content (AvgIpc) is 2.79. The summed E-state index contributed by atoms with van der Waals surface area (Å²) in [4.78, 5) is 22.2. The molecular formula is C23H38N4O2. The first-order valence-electron chi connectivity index (χ1n) is 11.3. The number of hydrogen-bond donors (Lipinski definition) is 0. The van der Waals surface area contributed by atoms with E-state index < -0.39 is 0 Å². The highest BCUT2D eigenvalue weighted by Crippen LogP contribution is 2.29. The van der Waals surface area contributed by atoms with Crippen molar-refractivity contribution < 1.29 is 9.53 Å². The van der Waals surface area contributed by atoms with Crippen LogP contribution in [0.1, 0.15) is 33.1 Å². The van der Waals surface area contributed by atoms with Crippen LogP contribution in [0.4, 0.5) is 5.69 Å². The van der Waals surface area contributed by atoms with E-state index in [1.165, 1.54) is 12.1 Å². The Hall–Kier alpha value is -1.79. The summed E-state index contributed by atoms with van der Waals surface area (Å²) in [5.41, 5.74) is 1.19. The zero-order chi connectivity index (χ0) is 20.6. The Kier molecular flexibility index (Phi) is 8.19. The van der Waals surface area contributed by atoms with E-state index in [0.717, 1.165) is 71.1 Å². The molecule has 0 aliphatic carbocycles. The quantitative estimate of drug-likeness (QED) is 0.668. The van der Waals surface area contributed by atoms with Crippen LogP contribution in [-0.4, -0.2) is 92.7 Å². The van der Waals surface area contributed by atoms with Gasteiger partial charge in [-0.15, -0.1) is 0 Å². The molecule has 1 amide bonds. The van der Waals surface area contributed by atoms with Gasteiger partial charge in [0.1, 0.15) is 5.75 Å². The van der Waals surface area contributed by atoms with E-state index in [2.05, 4.69) is 45.6 Å². The number of anilines is 1. The van der Waals surface area contributed by atoms with Gasteiger partial charge in [0.15, 0.2) is 0 Å². The first-order chi connectivity index (χ1) is 14.2. The van der Waals surface area contributed by atoms with Gasteiger partial charge >= 0.3 is 0 Å². The van der Waals surface area contributed by atoms with Crippen molar-refractivity contribution in [2.75, 3.05) is 70.9 Å². The Bertz CT molecular complexity index is 642. The number of rotatable bonds is 8. The van der Waals surface area contributed by atoms with Crippen molar-refractivity contribution in [1.29, 1.82) is 0 Å². The number of nitrogens with zero attached hydrogens (tertiary/aromatic N) is 4. The molecule has 0 N–H and O–H groups in total. The molecule has 0 unspecified atom stereocenters. The van der Waals surface area contributed by atoms with Gasteiger partial charge in [-0.25, -0.2) is 0 Å². The number of hydrogen-bond acceptors (Lipinski definition) is 5. The number of carbonyl (C=O) groups excluding carboxylic acids is 1. The molecule has 0 radical (unpaired) electrons. The number of ether oxygens (including phenoxy) is 1. The van der Waals surface area contributed by atoms with Crippen LogP contribution in [-0.2, 0) is 4.79 Å². The molecule has 2 saturated heterocycles. The van der Waals surface area contributed by atoms with Crippen LogP contribution in [0.15, 0.2) is 24.3 Å². The highest BCUT2D eigenvalue weighted by atomic mass is 16.5. The van der Waals surface area contributed by atoms with Gasteiger partial charge in [0.05, 0.1) is 12.8 Å². The fraction of sp³-hybridized carbons (Fsp3) is 0.696. The third-order valence-electron chi connectivity index (χ3n) is 6.54. The number of likely N-dealkylation sites (tertiary alicyclic amines) is 1. The summed E-state index contributed by atoms with van der Waals surface area (Å²) in [5.74, 6) is 1.28. The monoisotopic (exact) mass is 402 g/mol. The molecular weight excluding hydrogens is 364 g/mol. The first-order valence-corrected chi connectivity index (χ1v) is 11.3. The summed E-state index contributed by atoms with van der Waals surface area (Å²) in [6.07, 6.45) is 2.97. The number of methoxy groups -OCH3 is 1. The Morgan fingerprint density at radius 1 is 1.10 bits per heavy atom. The van der Waals surface area contributed by atoms with Crippen LogP contribution >= 0.6 is 0 Å². The van der Waals surface area contributed by atoms with Crippen molar-refractivity contribution in [1.82, 2.24) is 14.7 Å². The minimum atomic E-state index is 0.328. The molecule has 6 heteroatoms. The third-order valence-corrected chi connectivity index (χ3v) is 6.54. The van der Waals surface area contributed by atoms with E-state index in [0.29, 0.717) is 18.4 Å². The minimum absolute atomic E-state index is 0.328. The number of piperazine rings is 1. The lowest BCUT2D eigenvalue weighted by Gasteiger charge is -2.44. The van der Waals surface area contributed by atoms with Crippen LogP contribution in [0.3, 0.4) is 0 Å². The van der Waals surface area contributed by atoms with Gasteiger partial charge in [0, 0.05) is 58.3 Å². The van der Waals surface area contributed by atoms with E-state index in [1.807, 2.05) is 12.1 Å². The summed E-state index contributed by atoms with van der Waals surface area (Å²) >= 11 is 0. The SMILES string of the molecule is CCN(CC)CCC(=O)N1CCC[C@H](N2CCN(c3ccccc3OC)CC2)C1. The zero-order valence-corrected chi connectivity index (χ0v) is 18.5. The van der Waals surface area contributed by atoms with Crippen LogP contribution in [0.2, 0.25) is 0 Å². The standard InChI is InChI=1S/C23H38N4O2/c1-4-24(5-2)14-12-23(28)27-13-8-9-20(19-27)25-15-17-26(18-16-25)21-10-6-7-11-22(21)29-3/h6-7,10-11,20H,4-5,8-9,12-19H2,1-3H3/t20-/m0/s1. The summed E-state index contributed by atoms with van der Waals surface area (Å²) < 4.78 is 5.54. The molecule has 2 heterocycles. The van der Waals surface area contributed by atoms with Crippen LogP contribution in [0.25, 0.3) is 0 Å². The third kappa shape index (κ3) is 5.64. The number of carbonyl (C=O) groups is 1. The average molecular weight is 403 g/mol. The van der Waals surface area contributed by atoms with Crippen LogP contribution < -0.4 is 9.64 Å². The molecule has 1 atom stereocenters. The normalized spacial score (nSPS) is 20.9. The lowest BCUT2D eigenvalue weighted by molar-refractivity contribution is -0.133. The largest absolute Gasteiger partial charge is 0.495 e. The molecule has 2 aliphatic rings. The highest BCUT2D eigenvalue weighted by Gasteiger charge is 2.30. The molecule has 1 aromatic rings. The van der Waals surface area contributed by atoms with Crippen molar-refractivity contribution in [3.63, 3.8) is 0 Å². The van der Waals surface area contributed by atoms with Crippen LogP contribution in [0.5, 0.6) is 5.75 Å². The van der Waals surface area contributed by atoms with Crippen molar-refractivity contribution in [3.05, 3.63) is 24.3 Å². The molecule has 0 aromatic heterocycles. The Labute approximate surface area is 176 Å². The lowest BCUT2D eigenvalue weighted by atomic mass is 10.0.